The van der Waals surface area contributed by atoms with E-state index < -0.39 is 72.0 Å². The smallest absolute Gasteiger partial charge is 2.00 e. The summed E-state index contributed by atoms with van der Waals surface area (Å²) in [4.78, 5) is 23.8. The molecule has 0 spiro atoms. The fourth-order valence-electron chi connectivity index (χ4n) is 20.3. The minimum Gasteiger partial charge on any atom is 2.00 e. The SMILES string of the molecule is Clc1cccc(C2(c3cccc(Cl)c3)O[C@H]3COc4cccc5c4C4=C6C=CC(=N6)C6=c7ccc([n-]7)=C7C8=NC(=C(c9ccc4[n-]9)c4c(cccc4OC[C@H]4OC(c9cccc(Cl)c9)(c9cccc(Cl)c9)O[C@@H]4COc4cccc(c47)OC[C@@H]4OC(c7cccc(Cl)c7)(c7cccc(Cl)c7)O[C@H]4COc4cccc(c46)OC[C@@H]4OC(c6cccc(Cl)c6)(c6cccc(Cl)c6)O[C@H]4CO5)OC[C@@H]3O2)C=C8)c1.[C-]#[O+].[Ru+2]. The molecule has 11 aliphatic rings. The third-order valence-electron chi connectivity index (χ3n) is 26.6. The minimum atomic E-state index is -1.72. The molecular weight excluding hydrogens is 2070 g/mol. The van der Waals surface area contributed by atoms with Crippen LogP contribution in [0.4, 0.5) is 0 Å². The van der Waals surface area contributed by atoms with E-state index in [1.807, 2.05) is 267 Å². The molecule has 0 unspecified atom stereocenters. The van der Waals surface area contributed by atoms with Crippen LogP contribution in [0.1, 0.15) is 78.1 Å². The van der Waals surface area contributed by atoms with Gasteiger partial charge in [0.2, 0.25) is 23.1 Å². The minimum absolute atomic E-state index is 0. The summed E-state index contributed by atoms with van der Waals surface area (Å²) in [6.45, 7) is 2.89. The molecule has 8 atom stereocenters. The fourth-order valence-corrected chi connectivity index (χ4v) is 21.9. The topological polar surface area (TPSA) is 220 Å². The van der Waals surface area contributed by atoms with E-state index in [9.17, 15) is 0 Å². The first kappa shape index (κ1) is 94.6. The van der Waals surface area contributed by atoms with Gasteiger partial charge in [-0.2, -0.15) is 0 Å². The van der Waals surface area contributed by atoms with Crippen LogP contribution in [0.2, 0.25) is 40.2 Å². The molecule has 0 aliphatic carbocycles. The van der Waals surface area contributed by atoms with Crippen molar-refractivity contribution in [3.05, 3.63) is 463 Å². The summed E-state index contributed by atoms with van der Waals surface area (Å²) in [6.07, 6.45) is -0.236. The van der Waals surface area contributed by atoms with E-state index in [4.69, 9.17) is 193 Å². The van der Waals surface area contributed by atoms with E-state index >= 15 is 0 Å². The van der Waals surface area contributed by atoms with Crippen molar-refractivity contribution in [2.24, 2.45) is 9.98 Å². The Hall–Kier alpha value is -12.0. The molecule has 14 aromatic rings. The molecular formula is C113H76Cl8N4O17Ru. The van der Waals surface area contributed by atoms with Gasteiger partial charge in [-0.1, -0.05) is 238 Å². The van der Waals surface area contributed by atoms with Gasteiger partial charge in [-0.15, -0.1) is 22.1 Å². The maximum atomic E-state index is 7.65. The number of hydrogen-bond acceptors (Lipinski definition) is 18. The van der Waals surface area contributed by atoms with Gasteiger partial charge >= 0.3 is 30.8 Å². The second-order valence-electron chi connectivity index (χ2n) is 35.2. The molecule has 3 saturated heterocycles. The van der Waals surface area contributed by atoms with E-state index in [2.05, 4.69) is 6.65 Å². The van der Waals surface area contributed by atoms with Gasteiger partial charge in [0.15, 0.2) is 0 Å². The van der Waals surface area contributed by atoms with Gasteiger partial charge in [0, 0.05) is 107 Å². The van der Waals surface area contributed by atoms with Gasteiger partial charge in [0.25, 0.3) is 0 Å². The van der Waals surface area contributed by atoms with Crippen molar-refractivity contribution in [3.63, 3.8) is 0 Å². The van der Waals surface area contributed by atoms with E-state index in [1.54, 1.807) is 48.5 Å². The Balaban J connectivity index is 0.00000376. The van der Waals surface area contributed by atoms with Gasteiger partial charge in [0.05, 0.1) is 45.1 Å². The van der Waals surface area contributed by atoms with E-state index in [0.29, 0.717) is 220 Å². The van der Waals surface area contributed by atoms with Gasteiger partial charge in [0.1, 0.15) is 148 Å². The van der Waals surface area contributed by atoms with Gasteiger partial charge < -0.3 is 85.8 Å². The Kier molecular flexibility index (Phi) is 25.7. The molecule has 143 heavy (non-hydrogen) atoms. The van der Waals surface area contributed by atoms with Crippen LogP contribution in [0.5, 0.6) is 46.0 Å². The number of allylic oxidation sites excluding steroid dienone is 4. The summed E-state index contributed by atoms with van der Waals surface area (Å²) in [5.74, 6) is -4.40. The van der Waals surface area contributed by atoms with Crippen molar-refractivity contribution in [3.8, 4) is 46.0 Å². The number of nitrogens with zero attached hydrogens (tertiary/aromatic N) is 4. The first-order valence-electron chi connectivity index (χ1n) is 45.8. The summed E-state index contributed by atoms with van der Waals surface area (Å²) >= 11 is 56.5. The third kappa shape index (κ3) is 17.2. The molecule has 0 radical (unpaired) electrons. The molecule has 11 aliphatic heterocycles. The Bertz CT molecular complexity index is 7270. The van der Waals surface area contributed by atoms with E-state index in [0.717, 1.165) is 0 Å². The Morgan fingerprint density at radius 1 is 0.238 bits per heavy atom. The van der Waals surface area contributed by atoms with E-state index in [1.165, 1.54) is 0 Å². The first-order chi connectivity index (χ1) is 69.4. The van der Waals surface area contributed by atoms with Gasteiger partial charge in [-0.25, -0.2) is 9.98 Å². The second-order valence-corrected chi connectivity index (χ2v) is 38.7. The third-order valence-corrected chi connectivity index (χ3v) is 28.5. The second kappa shape index (κ2) is 38.8. The maximum Gasteiger partial charge on any atom is 2.00 e. The van der Waals surface area contributed by atoms with Crippen LogP contribution in [0.3, 0.4) is 0 Å². The zero-order chi connectivity index (χ0) is 96.3. The van der Waals surface area contributed by atoms with Crippen LogP contribution >= 0.6 is 92.8 Å². The molecule has 30 heteroatoms. The standard InChI is InChI=1S/C112H76Cl8N4O16.CO.Ru/c113-69-21-1-13-61(45-69)109(62-14-2-22-70(114)46-62)133-93-53-125-85-29-9-31-87-105(85)101-77-37-38-78(121-77)102-80-40-42-82(123-80)104-84-44-43-83(124-84)103(81-41-39-79(101)122-81)107-89(129-57-97-95(55-127-87)135-110(137-97,63-15-3-23-71(115)47-63)64-16-4-24-72(116)48-64)33-11-35-91(107)131-59-99-100(140-112(139-99,67-19-7-27-75(119)51-67)68-20-8-28-76(120)52-68)60-132-92-36-12-34-90(108(92)104)130-58-98-96(56-128-88-32-10-30-86(106(88)102)126-54-94(93)134-109)136-111(138-98,65-17-5-25-73(117)49-65)66-18-6-26-74(118)50-66;1-2;/h1-52,93-100H,53-60H2;;/q-2;;+2/t93-,94-,95-,96-,97-,98-,99+,100+;;/m0../s1. The molecule has 714 valence electrons. The molecule has 13 heterocycles. The molecule has 3 fully saturated rings. The number of ether oxygens (including phenoxy) is 16. The Morgan fingerprint density at radius 2 is 0.427 bits per heavy atom. The molecule has 25 rings (SSSR count). The van der Waals surface area contributed by atoms with Crippen molar-refractivity contribution in [1.29, 1.82) is 0 Å². The van der Waals surface area contributed by atoms with Crippen LogP contribution in [0.15, 0.2) is 337 Å². The molecule has 0 N–H and O–H groups in total. The average Bonchev–Trinajstić information content (AvgIpc) is 1.60. The fraction of sp³-hybridized carbons (Fsp3) is 0.177. The van der Waals surface area contributed by atoms with Crippen LogP contribution in [-0.2, 0) is 85.2 Å². The molecule has 21 nitrogen and oxygen atoms in total. The summed E-state index contributed by atoms with van der Waals surface area (Å²) in [7, 11) is 0. The molecule has 0 amide bonds. The normalized spacial score (nSPS) is 22.0. The average molecular weight is 2150 g/mol. The molecule has 0 saturated carbocycles. The quantitative estimate of drug-likeness (QED) is 0.0784. The van der Waals surface area contributed by atoms with Crippen molar-refractivity contribution in [1.82, 2.24) is 9.97 Å². The van der Waals surface area contributed by atoms with Crippen LogP contribution < -0.4 is 58.6 Å². The number of aromatic nitrogens is 2. The Labute approximate surface area is 872 Å². The number of halogens is 8. The monoisotopic (exact) mass is 2140 g/mol. The van der Waals surface area contributed by atoms with E-state index in [-0.39, 0.29) is 72.3 Å². The number of hydrogen-bond donors (Lipinski definition) is 0. The molecule has 2 aromatic heterocycles. The summed E-state index contributed by atoms with van der Waals surface area (Å²) in [5, 5.41) is 4.16. The van der Waals surface area contributed by atoms with Crippen LogP contribution in [-0.4, -0.2) is 113 Å². The predicted octanol–water partition coefficient (Wildman–Crippen LogP) is 22.3. The van der Waals surface area contributed by atoms with Crippen molar-refractivity contribution in [2.45, 2.75) is 72.0 Å². The molecule has 12 aromatic carbocycles. The first-order valence-corrected chi connectivity index (χ1v) is 48.8. The van der Waals surface area contributed by atoms with Gasteiger partial charge in [-0.3, -0.25) is 0 Å². The number of aliphatic imine (C=N–C) groups is 2. The predicted molar refractivity (Wildman–Crippen MR) is 536 cm³/mol. The summed E-state index contributed by atoms with van der Waals surface area (Å²) in [6, 6.07) is 89.0. The van der Waals surface area contributed by atoms with Crippen molar-refractivity contribution in [2.75, 3.05) is 52.9 Å². The maximum absolute atomic E-state index is 7.65. The molecule has 32 bridgehead atoms. The number of rotatable bonds is 8. The zero-order valence-electron chi connectivity index (χ0n) is 74.9. The number of fused-ring (bicyclic) bond motifs is 15. The van der Waals surface area contributed by atoms with Crippen molar-refractivity contribution >= 4 is 127 Å². The summed E-state index contributed by atoms with van der Waals surface area (Å²) < 4.78 is 129. The zero-order valence-corrected chi connectivity index (χ0v) is 82.7. The number of benzene rings is 12. The van der Waals surface area contributed by atoms with Crippen molar-refractivity contribution < 1.29 is 99.9 Å². The summed E-state index contributed by atoms with van der Waals surface area (Å²) in [5.41, 5.74) is 10.2. The van der Waals surface area contributed by atoms with Crippen LogP contribution in [0, 0.1) is 6.65 Å². The van der Waals surface area contributed by atoms with Gasteiger partial charge in [-0.05, 0) is 170 Å². The largest absolute Gasteiger partial charge is 2.00 e. The Morgan fingerprint density at radius 3 is 0.622 bits per heavy atom. The van der Waals surface area contributed by atoms with Crippen LogP contribution in [0.25, 0.3) is 22.3 Å².